The van der Waals surface area contributed by atoms with Crippen LogP contribution in [0.5, 0.6) is 0 Å². The summed E-state index contributed by atoms with van der Waals surface area (Å²) in [7, 11) is 0. The molecule has 1 fully saturated rings. The Morgan fingerprint density at radius 3 is 2.78 bits per heavy atom. The van der Waals surface area contributed by atoms with Gasteiger partial charge in [-0.1, -0.05) is 13.3 Å². The van der Waals surface area contributed by atoms with E-state index >= 15 is 0 Å². The summed E-state index contributed by atoms with van der Waals surface area (Å²) in [6.07, 6.45) is 7.69. The van der Waals surface area contributed by atoms with Gasteiger partial charge in [0.2, 0.25) is 0 Å². The topological polar surface area (TPSA) is 42.2 Å². The fraction of sp³-hybridized carbons (Fsp3) is 0.667. The minimum Gasteiger partial charge on any atom is -0.326 e. The molecule has 100 valence electrons. The first kappa shape index (κ1) is 13.5. The molecule has 1 saturated heterocycles. The maximum absolute atomic E-state index is 6.21. The highest BCUT2D eigenvalue weighted by Crippen LogP contribution is 2.30. The van der Waals surface area contributed by atoms with Crippen LogP contribution in [0.25, 0.3) is 0 Å². The lowest BCUT2D eigenvalue weighted by Gasteiger charge is -2.31. The van der Waals surface area contributed by atoms with Crippen molar-refractivity contribution in [3.63, 3.8) is 0 Å². The van der Waals surface area contributed by atoms with Crippen LogP contribution in [0.3, 0.4) is 0 Å². The molecule has 0 spiro atoms. The predicted molar refractivity (Wildman–Crippen MR) is 75.2 cm³/mol. The molecule has 0 saturated carbocycles. The summed E-state index contributed by atoms with van der Waals surface area (Å²) < 4.78 is 0. The Kier molecular flexibility index (Phi) is 4.72. The molecular weight excluding hydrogens is 222 g/mol. The number of rotatable bonds is 5. The molecule has 3 atom stereocenters. The molecule has 3 nitrogen and oxygen atoms in total. The molecular formula is C15H25N3. The van der Waals surface area contributed by atoms with Gasteiger partial charge in [0.25, 0.3) is 0 Å². The van der Waals surface area contributed by atoms with Crippen LogP contribution in [-0.4, -0.2) is 29.0 Å². The number of pyridine rings is 1. The first-order valence-electron chi connectivity index (χ1n) is 7.12. The SMILES string of the molecule is CCCC1CCN(C(c2ccncc2)C(C)N)C1. The van der Waals surface area contributed by atoms with Crippen LogP contribution in [0.15, 0.2) is 24.5 Å². The van der Waals surface area contributed by atoms with E-state index in [1.54, 1.807) is 0 Å². The number of nitrogens with zero attached hydrogens (tertiary/aromatic N) is 2. The highest BCUT2D eigenvalue weighted by molar-refractivity contribution is 5.17. The van der Waals surface area contributed by atoms with Crippen molar-refractivity contribution >= 4 is 0 Å². The van der Waals surface area contributed by atoms with E-state index < -0.39 is 0 Å². The van der Waals surface area contributed by atoms with Crippen LogP contribution in [0.4, 0.5) is 0 Å². The van der Waals surface area contributed by atoms with Crippen molar-refractivity contribution in [1.29, 1.82) is 0 Å². The van der Waals surface area contributed by atoms with Crippen molar-refractivity contribution < 1.29 is 0 Å². The van der Waals surface area contributed by atoms with Gasteiger partial charge >= 0.3 is 0 Å². The van der Waals surface area contributed by atoms with Crippen LogP contribution in [-0.2, 0) is 0 Å². The quantitative estimate of drug-likeness (QED) is 0.869. The van der Waals surface area contributed by atoms with Crippen LogP contribution < -0.4 is 5.73 Å². The van der Waals surface area contributed by atoms with Gasteiger partial charge in [-0.25, -0.2) is 0 Å². The second-order valence-corrected chi connectivity index (χ2v) is 5.52. The molecule has 0 bridgehead atoms. The Morgan fingerprint density at radius 2 is 2.17 bits per heavy atom. The monoisotopic (exact) mass is 247 g/mol. The number of aromatic nitrogens is 1. The van der Waals surface area contributed by atoms with Gasteiger partial charge in [-0.2, -0.15) is 0 Å². The summed E-state index contributed by atoms with van der Waals surface area (Å²) >= 11 is 0. The molecule has 3 heteroatoms. The lowest BCUT2D eigenvalue weighted by molar-refractivity contribution is 0.210. The molecule has 0 amide bonds. The Labute approximate surface area is 110 Å². The molecule has 0 radical (unpaired) electrons. The highest BCUT2D eigenvalue weighted by Gasteiger charge is 2.30. The first-order valence-corrected chi connectivity index (χ1v) is 7.12. The number of likely N-dealkylation sites (tertiary alicyclic amines) is 1. The Hall–Kier alpha value is -0.930. The summed E-state index contributed by atoms with van der Waals surface area (Å²) in [6.45, 7) is 6.76. The van der Waals surface area contributed by atoms with Crippen LogP contribution in [0, 0.1) is 5.92 Å². The van der Waals surface area contributed by atoms with Gasteiger partial charge in [-0.15, -0.1) is 0 Å². The van der Waals surface area contributed by atoms with E-state index in [2.05, 4.69) is 35.9 Å². The maximum Gasteiger partial charge on any atom is 0.0497 e. The van der Waals surface area contributed by atoms with Gasteiger partial charge in [0, 0.05) is 31.0 Å². The van der Waals surface area contributed by atoms with Gasteiger partial charge in [-0.05, 0) is 49.9 Å². The summed E-state index contributed by atoms with van der Waals surface area (Å²) in [5, 5.41) is 0. The molecule has 1 aliphatic heterocycles. The van der Waals surface area contributed by atoms with Gasteiger partial charge in [-0.3, -0.25) is 9.88 Å². The van der Waals surface area contributed by atoms with Crippen LogP contribution in [0.2, 0.25) is 0 Å². The lowest BCUT2D eigenvalue weighted by Crippen LogP contribution is -2.38. The van der Waals surface area contributed by atoms with Crippen molar-refractivity contribution in [3.8, 4) is 0 Å². The maximum atomic E-state index is 6.21. The molecule has 3 unspecified atom stereocenters. The molecule has 18 heavy (non-hydrogen) atoms. The summed E-state index contributed by atoms with van der Waals surface area (Å²) in [5.74, 6) is 0.859. The average Bonchev–Trinajstić information content (AvgIpc) is 2.79. The molecule has 2 rings (SSSR count). The van der Waals surface area contributed by atoms with Crippen LogP contribution in [0.1, 0.15) is 44.7 Å². The Bertz CT molecular complexity index is 350. The van der Waals surface area contributed by atoms with Crippen molar-refractivity contribution in [2.75, 3.05) is 13.1 Å². The zero-order valence-corrected chi connectivity index (χ0v) is 11.5. The van der Waals surface area contributed by atoms with Gasteiger partial charge in [0.15, 0.2) is 0 Å². The Morgan fingerprint density at radius 1 is 1.44 bits per heavy atom. The zero-order chi connectivity index (χ0) is 13.0. The van der Waals surface area contributed by atoms with E-state index in [0.29, 0.717) is 6.04 Å². The van der Waals surface area contributed by atoms with E-state index in [1.807, 2.05) is 12.4 Å². The van der Waals surface area contributed by atoms with Crippen LogP contribution >= 0.6 is 0 Å². The number of hydrogen-bond donors (Lipinski definition) is 1. The van der Waals surface area contributed by atoms with Crippen molar-refractivity contribution in [2.45, 2.75) is 45.2 Å². The minimum atomic E-state index is 0.160. The van der Waals surface area contributed by atoms with E-state index in [9.17, 15) is 0 Å². The summed E-state index contributed by atoms with van der Waals surface area (Å²) in [6, 6.07) is 4.70. The third-order valence-electron chi connectivity index (χ3n) is 3.95. The third kappa shape index (κ3) is 3.09. The van der Waals surface area contributed by atoms with Crippen molar-refractivity contribution in [1.82, 2.24) is 9.88 Å². The molecule has 2 N–H and O–H groups in total. The van der Waals surface area contributed by atoms with E-state index in [1.165, 1.54) is 37.9 Å². The van der Waals surface area contributed by atoms with E-state index in [-0.39, 0.29) is 6.04 Å². The van der Waals surface area contributed by atoms with Crippen molar-refractivity contribution in [2.24, 2.45) is 11.7 Å². The normalized spacial score (nSPS) is 24.1. The molecule has 2 heterocycles. The molecule has 0 aliphatic carbocycles. The second-order valence-electron chi connectivity index (χ2n) is 5.52. The molecule has 1 aromatic heterocycles. The lowest BCUT2D eigenvalue weighted by atomic mass is 10.00. The molecule has 1 aromatic rings. The van der Waals surface area contributed by atoms with E-state index in [0.717, 1.165) is 5.92 Å². The predicted octanol–water partition coefficient (Wildman–Crippen LogP) is 2.59. The average molecular weight is 247 g/mol. The van der Waals surface area contributed by atoms with Gasteiger partial charge in [0.1, 0.15) is 0 Å². The zero-order valence-electron chi connectivity index (χ0n) is 11.5. The fourth-order valence-corrected chi connectivity index (χ4v) is 3.17. The minimum absolute atomic E-state index is 0.160. The molecule has 0 aromatic carbocycles. The smallest absolute Gasteiger partial charge is 0.0497 e. The van der Waals surface area contributed by atoms with Gasteiger partial charge < -0.3 is 5.73 Å². The third-order valence-corrected chi connectivity index (χ3v) is 3.95. The summed E-state index contributed by atoms with van der Waals surface area (Å²) in [5.41, 5.74) is 7.51. The fourth-order valence-electron chi connectivity index (χ4n) is 3.17. The first-order chi connectivity index (χ1) is 8.72. The largest absolute Gasteiger partial charge is 0.326 e. The Balaban J connectivity index is 2.08. The highest BCUT2D eigenvalue weighted by atomic mass is 15.2. The number of nitrogens with two attached hydrogens (primary N) is 1. The van der Waals surface area contributed by atoms with Gasteiger partial charge in [0.05, 0.1) is 0 Å². The number of hydrogen-bond acceptors (Lipinski definition) is 3. The second kappa shape index (κ2) is 6.30. The molecule has 1 aliphatic rings. The summed E-state index contributed by atoms with van der Waals surface area (Å²) in [4.78, 5) is 6.65. The van der Waals surface area contributed by atoms with E-state index in [4.69, 9.17) is 5.73 Å². The van der Waals surface area contributed by atoms with Crippen molar-refractivity contribution in [3.05, 3.63) is 30.1 Å². The standard InChI is InChI=1S/C15H25N3/c1-3-4-13-7-10-18(11-13)15(12(2)16)14-5-8-17-9-6-14/h5-6,8-9,12-13,15H,3-4,7,10-11,16H2,1-2H3.